The Morgan fingerprint density at radius 3 is 2.77 bits per heavy atom. The topological polar surface area (TPSA) is 72.2 Å². The summed E-state index contributed by atoms with van der Waals surface area (Å²) in [6.07, 6.45) is 3.35. The summed E-state index contributed by atoms with van der Waals surface area (Å²) in [7, 11) is -3.56. The summed E-state index contributed by atoms with van der Waals surface area (Å²) < 4.78 is 32.8. The molecule has 114 valence electrons. The van der Waals surface area contributed by atoms with Crippen LogP contribution < -0.4 is 4.72 Å². The molecule has 1 N–H and O–H groups in total. The summed E-state index contributed by atoms with van der Waals surface area (Å²) in [6.45, 7) is 1.81. The van der Waals surface area contributed by atoms with Gasteiger partial charge in [-0.2, -0.15) is 0 Å². The summed E-state index contributed by atoms with van der Waals surface area (Å²) in [5, 5.41) is 1.01. The van der Waals surface area contributed by atoms with Crippen molar-refractivity contribution in [3.63, 3.8) is 0 Å². The van der Waals surface area contributed by atoms with Gasteiger partial charge in [-0.15, -0.1) is 0 Å². The van der Waals surface area contributed by atoms with Gasteiger partial charge in [0.15, 0.2) is 0 Å². The van der Waals surface area contributed by atoms with Crippen LogP contribution in [0.15, 0.2) is 64.2 Å². The van der Waals surface area contributed by atoms with Crippen LogP contribution in [-0.2, 0) is 16.4 Å². The molecule has 1 atom stereocenters. The highest BCUT2D eigenvalue weighted by molar-refractivity contribution is 7.89. The Hall–Kier alpha value is -2.18. The van der Waals surface area contributed by atoms with Crippen molar-refractivity contribution in [3.05, 3.63) is 60.6 Å². The normalized spacial score (nSPS) is 13.3. The first-order chi connectivity index (χ1) is 10.5. The molecule has 0 amide bonds. The lowest BCUT2D eigenvalue weighted by Gasteiger charge is -2.12. The number of hydrogen-bond donors (Lipinski definition) is 1. The molecule has 0 saturated heterocycles. The number of para-hydroxylation sites is 1. The molecule has 0 radical (unpaired) electrons. The third-order valence-electron chi connectivity index (χ3n) is 3.28. The number of rotatable bonds is 5. The van der Waals surface area contributed by atoms with E-state index in [4.69, 9.17) is 4.42 Å². The first-order valence-electron chi connectivity index (χ1n) is 6.94. The van der Waals surface area contributed by atoms with Crippen molar-refractivity contribution in [1.82, 2.24) is 9.71 Å². The molecule has 0 fully saturated rings. The van der Waals surface area contributed by atoms with Crippen LogP contribution in [0.1, 0.15) is 12.7 Å². The first kappa shape index (κ1) is 14.7. The number of nitrogens with one attached hydrogen (secondary N) is 1. The van der Waals surface area contributed by atoms with Gasteiger partial charge in [-0.1, -0.05) is 18.2 Å². The fourth-order valence-electron chi connectivity index (χ4n) is 2.32. The molecule has 3 aromatic rings. The average molecular weight is 316 g/mol. The van der Waals surface area contributed by atoms with Crippen LogP contribution in [0.4, 0.5) is 0 Å². The van der Waals surface area contributed by atoms with Gasteiger partial charge in [-0.05, 0) is 31.2 Å². The Balaban J connectivity index is 1.73. The van der Waals surface area contributed by atoms with E-state index < -0.39 is 10.0 Å². The van der Waals surface area contributed by atoms with E-state index in [1.54, 1.807) is 13.0 Å². The molecule has 5 nitrogen and oxygen atoms in total. The fraction of sp³-hybridized carbons (Fsp3) is 0.188. The summed E-state index contributed by atoms with van der Waals surface area (Å²) >= 11 is 0. The largest absolute Gasteiger partial charge is 0.461 e. The van der Waals surface area contributed by atoms with Crippen LogP contribution in [0.3, 0.4) is 0 Å². The zero-order chi connectivity index (χ0) is 15.6. The minimum Gasteiger partial charge on any atom is -0.461 e. The van der Waals surface area contributed by atoms with Crippen LogP contribution >= 0.6 is 0 Å². The highest BCUT2D eigenvalue weighted by Gasteiger charge is 2.18. The predicted octanol–water partition coefficient (Wildman–Crippen LogP) is 2.74. The molecule has 0 aliphatic heterocycles. The Kier molecular flexibility index (Phi) is 3.96. The van der Waals surface area contributed by atoms with Gasteiger partial charge in [0, 0.05) is 30.2 Å². The number of furan rings is 1. The number of fused-ring (bicyclic) bond motifs is 1. The van der Waals surface area contributed by atoms with Crippen LogP contribution in [0.25, 0.3) is 11.0 Å². The Bertz CT molecular complexity index is 840. The maximum absolute atomic E-state index is 12.2. The van der Waals surface area contributed by atoms with Crippen LogP contribution in [0, 0.1) is 0 Å². The molecule has 22 heavy (non-hydrogen) atoms. The lowest BCUT2D eigenvalue weighted by Crippen LogP contribution is -2.34. The first-order valence-corrected chi connectivity index (χ1v) is 8.43. The predicted molar refractivity (Wildman–Crippen MR) is 83.9 cm³/mol. The standard InChI is InChI=1S/C16H16N2O3S/c1-12(18-22(19,20)15-6-4-8-17-11-15)9-14-10-13-5-2-3-7-16(13)21-14/h2-8,10-12,18H,9H2,1H3/t12-/m1/s1. The van der Waals surface area contributed by atoms with Crippen molar-refractivity contribution in [3.8, 4) is 0 Å². The molecule has 0 aliphatic carbocycles. The molecule has 0 bridgehead atoms. The third kappa shape index (κ3) is 3.18. The second kappa shape index (κ2) is 5.90. The summed E-state index contributed by atoms with van der Waals surface area (Å²) in [5.74, 6) is 0.752. The maximum Gasteiger partial charge on any atom is 0.242 e. The smallest absolute Gasteiger partial charge is 0.242 e. The minimum atomic E-state index is -3.56. The van der Waals surface area contributed by atoms with E-state index in [-0.39, 0.29) is 10.9 Å². The van der Waals surface area contributed by atoms with Gasteiger partial charge in [0.1, 0.15) is 16.2 Å². The van der Waals surface area contributed by atoms with Gasteiger partial charge in [0.05, 0.1) is 0 Å². The van der Waals surface area contributed by atoms with E-state index in [2.05, 4.69) is 9.71 Å². The molecule has 1 aromatic carbocycles. The van der Waals surface area contributed by atoms with Crippen LogP contribution in [-0.4, -0.2) is 19.4 Å². The molecule has 0 unspecified atom stereocenters. The number of hydrogen-bond acceptors (Lipinski definition) is 4. The zero-order valence-electron chi connectivity index (χ0n) is 12.1. The number of benzene rings is 1. The molecular formula is C16H16N2O3S. The number of pyridine rings is 1. The highest BCUT2D eigenvalue weighted by Crippen LogP contribution is 2.20. The van der Waals surface area contributed by atoms with Crippen molar-refractivity contribution >= 4 is 21.0 Å². The average Bonchev–Trinajstić information content (AvgIpc) is 2.89. The van der Waals surface area contributed by atoms with Gasteiger partial charge >= 0.3 is 0 Å². The monoisotopic (exact) mass is 316 g/mol. The van der Waals surface area contributed by atoms with E-state index in [0.717, 1.165) is 16.7 Å². The second-order valence-electron chi connectivity index (χ2n) is 5.17. The van der Waals surface area contributed by atoms with Gasteiger partial charge < -0.3 is 4.42 Å². The molecule has 0 saturated carbocycles. The van der Waals surface area contributed by atoms with Crippen molar-refractivity contribution in [2.24, 2.45) is 0 Å². The second-order valence-corrected chi connectivity index (χ2v) is 6.88. The summed E-state index contributed by atoms with van der Waals surface area (Å²) in [5.41, 5.74) is 0.805. The summed E-state index contributed by atoms with van der Waals surface area (Å²) in [4.78, 5) is 3.99. The van der Waals surface area contributed by atoms with E-state index in [1.807, 2.05) is 30.3 Å². The van der Waals surface area contributed by atoms with E-state index in [0.29, 0.717) is 6.42 Å². The zero-order valence-corrected chi connectivity index (χ0v) is 12.9. The van der Waals surface area contributed by atoms with Crippen molar-refractivity contribution < 1.29 is 12.8 Å². The van der Waals surface area contributed by atoms with Crippen molar-refractivity contribution in [2.45, 2.75) is 24.3 Å². The molecule has 2 aromatic heterocycles. The van der Waals surface area contributed by atoms with Gasteiger partial charge in [0.2, 0.25) is 10.0 Å². The Morgan fingerprint density at radius 1 is 1.23 bits per heavy atom. The number of sulfonamides is 1. The molecule has 0 aliphatic rings. The molecule has 6 heteroatoms. The fourth-order valence-corrected chi connectivity index (χ4v) is 3.53. The molecule has 3 rings (SSSR count). The number of aromatic nitrogens is 1. The van der Waals surface area contributed by atoms with Crippen molar-refractivity contribution in [2.75, 3.05) is 0 Å². The van der Waals surface area contributed by atoms with Gasteiger partial charge in [-0.25, -0.2) is 13.1 Å². The Labute approximate surface area is 129 Å². The van der Waals surface area contributed by atoms with E-state index in [9.17, 15) is 8.42 Å². The lowest BCUT2D eigenvalue weighted by atomic mass is 10.2. The van der Waals surface area contributed by atoms with Crippen LogP contribution in [0.5, 0.6) is 0 Å². The third-order valence-corrected chi connectivity index (χ3v) is 4.86. The maximum atomic E-state index is 12.2. The minimum absolute atomic E-state index is 0.159. The van der Waals surface area contributed by atoms with Crippen LogP contribution in [0.2, 0.25) is 0 Å². The molecule has 2 heterocycles. The Morgan fingerprint density at radius 2 is 2.05 bits per heavy atom. The highest BCUT2D eigenvalue weighted by atomic mass is 32.2. The molecule has 0 spiro atoms. The summed E-state index contributed by atoms with van der Waals surface area (Å²) in [6, 6.07) is 12.5. The van der Waals surface area contributed by atoms with E-state index >= 15 is 0 Å². The van der Waals surface area contributed by atoms with E-state index in [1.165, 1.54) is 18.5 Å². The lowest BCUT2D eigenvalue weighted by molar-refractivity contribution is 0.504. The van der Waals surface area contributed by atoms with Gasteiger partial charge in [-0.3, -0.25) is 4.98 Å². The molecular weight excluding hydrogens is 300 g/mol. The quantitative estimate of drug-likeness (QED) is 0.785. The number of nitrogens with zero attached hydrogens (tertiary/aromatic N) is 1. The van der Waals surface area contributed by atoms with Gasteiger partial charge in [0.25, 0.3) is 0 Å². The SMILES string of the molecule is C[C@H](Cc1cc2ccccc2o1)NS(=O)(=O)c1cccnc1. The van der Waals surface area contributed by atoms with Crippen molar-refractivity contribution in [1.29, 1.82) is 0 Å².